The first kappa shape index (κ1) is 22.3. The second-order valence-corrected chi connectivity index (χ2v) is 7.85. The highest BCUT2D eigenvalue weighted by molar-refractivity contribution is 6.03. The number of rotatable bonds is 6. The van der Waals surface area contributed by atoms with Gasteiger partial charge in [-0.05, 0) is 37.5 Å². The van der Waals surface area contributed by atoms with Gasteiger partial charge in [0.15, 0.2) is 11.5 Å². The summed E-state index contributed by atoms with van der Waals surface area (Å²) < 4.78 is 11.7. The lowest BCUT2D eigenvalue weighted by atomic mass is 10.1. The third-order valence-corrected chi connectivity index (χ3v) is 5.72. The lowest BCUT2D eigenvalue weighted by Gasteiger charge is -2.27. The van der Waals surface area contributed by atoms with Gasteiger partial charge in [-0.1, -0.05) is 12.1 Å². The van der Waals surface area contributed by atoms with Crippen molar-refractivity contribution in [3.63, 3.8) is 0 Å². The molecular weight excluding hydrogens is 424 g/mol. The number of aromatic nitrogens is 2. The molecule has 1 fully saturated rings. The van der Waals surface area contributed by atoms with Crippen molar-refractivity contribution in [3.05, 3.63) is 58.6 Å². The minimum atomic E-state index is -0.433. The Hall–Kier alpha value is -3.88. The molecule has 0 saturated carbocycles. The van der Waals surface area contributed by atoms with E-state index >= 15 is 0 Å². The molecule has 1 aliphatic rings. The van der Waals surface area contributed by atoms with Gasteiger partial charge in [-0.3, -0.25) is 19.0 Å². The number of likely N-dealkylation sites (tertiary alicyclic amines) is 1. The Morgan fingerprint density at radius 3 is 2.45 bits per heavy atom. The number of nitrogens with zero attached hydrogens (tertiary/aromatic N) is 3. The van der Waals surface area contributed by atoms with Gasteiger partial charge in [0.25, 0.3) is 11.5 Å². The first-order chi connectivity index (χ1) is 16.0. The molecule has 172 valence electrons. The van der Waals surface area contributed by atoms with Gasteiger partial charge >= 0.3 is 0 Å². The van der Waals surface area contributed by atoms with Crippen molar-refractivity contribution < 1.29 is 19.1 Å². The van der Waals surface area contributed by atoms with E-state index in [0.717, 1.165) is 19.3 Å². The summed E-state index contributed by atoms with van der Waals surface area (Å²) in [6, 6.07) is 10.1. The van der Waals surface area contributed by atoms with Crippen LogP contribution in [-0.2, 0) is 11.3 Å². The molecule has 1 aliphatic heterocycles. The Bertz CT molecular complexity index is 1250. The van der Waals surface area contributed by atoms with E-state index in [4.69, 9.17) is 9.47 Å². The lowest BCUT2D eigenvalue weighted by Crippen LogP contribution is -2.36. The molecule has 9 nitrogen and oxygen atoms in total. The van der Waals surface area contributed by atoms with Gasteiger partial charge in [-0.25, -0.2) is 4.98 Å². The van der Waals surface area contributed by atoms with E-state index in [9.17, 15) is 14.4 Å². The van der Waals surface area contributed by atoms with Gasteiger partial charge in [0.1, 0.15) is 6.54 Å². The number of para-hydroxylation sites is 1. The van der Waals surface area contributed by atoms with Gasteiger partial charge in [0, 0.05) is 19.2 Å². The quantitative estimate of drug-likeness (QED) is 0.619. The number of carbonyl (C=O) groups excluding carboxylic acids is 2. The van der Waals surface area contributed by atoms with E-state index in [1.54, 1.807) is 36.4 Å². The lowest BCUT2D eigenvalue weighted by molar-refractivity contribution is -0.116. The standard InChI is InChI=1S/C24H26N4O5/c1-32-20-12-17-19(13-21(20)33-2)25-15-28(24(17)31)14-22(29)26-18-9-5-4-8-16(18)23(30)27-10-6-3-7-11-27/h4-5,8-9,12-13,15H,3,6-7,10-11,14H2,1-2H3,(H,26,29). The molecule has 0 spiro atoms. The number of anilines is 1. The van der Waals surface area contributed by atoms with Gasteiger partial charge in [0.2, 0.25) is 5.91 Å². The smallest absolute Gasteiger partial charge is 0.261 e. The van der Waals surface area contributed by atoms with E-state index in [2.05, 4.69) is 10.3 Å². The summed E-state index contributed by atoms with van der Waals surface area (Å²) in [6.07, 6.45) is 4.40. The molecule has 2 aromatic carbocycles. The zero-order valence-electron chi connectivity index (χ0n) is 18.7. The van der Waals surface area contributed by atoms with Crippen LogP contribution in [0.5, 0.6) is 11.5 Å². The van der Waals surface area contributed by atoms with E-state index in [1.165, 1.54) is 25.1 Å². The van der Waals surface area contributed by atoms with Crippen LogP contribution in [0, 0.1) is 0 Å². The fraction of sp³-hybridized carbons (Fsp3) is 0.333. The first-order valence-corrected chi connectivity index (χ1v) is 10.8. The number of methoxy groups -OCH3 is 2. The molecule has 2 amide bonds. The number of carbonyl (C=O) groups is 2. The summed E-state index contributed by atoms with van der Waals surface area (Å²) in [5.74, 6) is 0.326. The summed E-state index contributed by atoms with van der Waals surface area (Å²) in [5.41, 5.74) is 0.917. The topological polar surface area (TPSA) is 103 Å². The van der Waals surface area contributed by atoms with Crippen molar-refractivity contribution in [1.29, 1.82) is 0 Å². The molecule has 0 bridgehead atoms. The Morgan fingerprint density at radius 2 is 1.73 bits per heavy atom. The normalized spacial score (nSPS) is 13.6. The molecule has 4 rings (SSSR count). The van der Waals surface area contributed by atoms with Gasteiger partial charge in [0.05, 0.1) is 42.7 Å². The average Bonchev–Trinajstić information content (AvgIpc) is 2.85. The molecule has 3 aromatic rings. The predicted octanol–water partition coefficient (Wildman–Crippen LogP) is 2.68. The highest BCUT2D eigenvalue weighted by Crippen LogP contribution is 2.29. The summed E-state index contributed by atoms with van der Waals surface area (Å²) in [4.78, 5) is 44.8. The van der Waals surface area contributed by atoms with E-state index in [0.29, 0.717) is 46.7 Å². The van der Waals surface area contributed by atoms with Crippen LogP contribution in [0.25, 0.3) is 10.9 Å². The highest BCUT2D eigenvalue weighted by atomic mass is 16.5. The number of fused-ring (bicyclic) bond motifs is 1. The second-order valence-electron chi connectivity index (χ2n) is 7.85. The van der Waals surface area contributed by atoms with Crippen LogP contribution >= 0.6 is 0 Å². The molecule has 33 heavy (non-hydrogen) atoms. The van der Waals surface area contributed by atoms with E-state index < -0.39 is 5.91 Å². The summed E-state index contributed by atoms with van der Waals surface area (Å²) in [5, 5.41) is 3.09. The Labute approximate surface area is 190 Å². The number of piperidine rings is 1. The number of ether oxygens (including phenoxy) is 2. The summed E-state index contributed by atoms with van der Waals surface area (Å²) >= 11 is 0. The van der Waals surface area contributed by atoms with Crippen molar-refractivity contribution in [3.8, 4) is 11.5 Å². The molecule has 0 atom stereocenters. The molecule has 9 heteroatoms. The molecule has 0 unspecified atom stereocenters. The fourth-order valence-electron chi connectivity index (χ4n) is 3.99. The molecule has 0 aliphatic carbocycles. The van der Waals surface area contributed by atoms with Crippen molar-refractivity contribution in [2.24, 2.45) is 0 Å². The molecular formula is C24H26N4O5. The highest BCUT2D eigenvalue weighted by Gasteiger charge is 2.21. The molecule has 1 aromatic heterocycles. The van der Waals surface area contributed by atoms with Gasteiger partial charge < -0.3 is 19.7 Å². The second kappa shape index (κ2) is 9.72. The molecule has 0 radical (unpaired) electrons. The van der Waals surface area contributed by atoms with Gasteiger partial charge in [-0.2, -0.15) is 0 Å². The largest absolute Gasteiger partial charge is 0.493 e. The third-order valence-electron chi connectivity index (χ3n) is 5.72. The summed E-state index contributed by atoms with van der Waals surface area (Å²) in [7, 11) is 2.98. The predicted molar refractivity (Wildman–Crippen MR) is 124 cm³/mol. The van der Waals surface area contributed by atoms with Crippen molar-refractivity contribution in [2.75, 3.05) is 32.6 Å². The van der Waals surface area contributed by atoms with Crippen molar-refractivity contribution >= 4 is 28.4 Å². The van der Waals surface area contributed by atoms with Crippen LogP contribution in [0.1, 0.15) is 29.6 Å². The Morgan fingerprint density at radius 1 is 1.03 bits per heavy atom. The zero-order chi connectivity index (χ0) is 23.4. The summed E-state index contributed by atoms with van der Waals surface area (Å²) in [6.45, 7) is 1.18. The molecule has 1 N–H and O–H groups in total. The Balaban J connectivity index is 1.55. The zero-order valence-corrected chi connectivity index (χ0v) is 18.7. The van der Waals surface area contributed by atoms with Crippen LogP contribution in [0.4, 0.5) is 5.69 Å². The van der Waals surface area contributed by atoms with Crippen LogP contribution in [-0.4, -0.2) is 53.6 Å². The minimum Gasteiger partial charge on any atom is -0.493 e. The number of amides is 2. The van der Waals surface area contributed by atoms with E-state index in [-0.39, 0.29) is 18.0 Å². The minimum absolute atomic E-state index is 0.101. The maximum absolute atomic E-state index is 13.0. The van der Waals surface area contributed by atoms with Crippen LogP contribution in [0.2, 0.25) is 0 Å². The number of hydrogen-bond donors (Lipinski definition) is 1. The van der Waals surface area contributed by atoms with Gasteiger partial charge in [-0.15, -0.1) is 0 Å². The third kappa shape index (κ3) is 4.67. The molecule has 2 heterocycles. The monoisotopic (exact) mass is 450 g/mol. The Kier molecular flexibility index (Phi) is 6.58. The first-order valence-electron chi connectivity index (χ1n) is 10.8. The van der Waals surface area contributed by atoms with Crippen molar-refractivity contribution in [1.82, 2.24) is 14.5 Å². The van der Waals surface area contributed by atoms with Crippen LogP contribution in [0.15, 0.2) is 47.5 Å². The van der Waals surface area contributed by atoms with E-state index in [1.807, 2.05) is 4.90 Å². The van der Waals surface area contributed by atoms with Crippen LogP contribution < -0.4 is 20.3 Å². The maximum atomic E-state index is 13.0. The molecule has 1 saturated heterocycles. The van der Waals surface area contributed by atoms with Crippen LogP contribution in [0.3, 0.4) is 0 Å². The SMILES string of the molecule is COc1cc2ncn(CC(=O)Nc3ccccc3C(=O)N3CCCCC3)c(=O)c2cc1OC. The average molecular weight is 450 g/mol. The number of benzene rings is 2. The number of hydrogen-bond acceptors (Lipinski definition) is 6. The fourth-order valence-corrected chi connectivity index (χ4v) is 3.99. The van der Waals surface area contributed by atoms with Crippen molar-refractivity contribution in [2.45, 2.75) is 25.8 Å². The maximum Gasteiger partial charge on any atom is 0.261 e. The number of nitrogens with one attached hydrogen (secondary N) is 1.